The van der Waals surface area contributed by atoms with Crippen LogP contribution in [-0.4, -0.2) is 42.9 Å². The molecule has 0 bridgehead atoms. The molecule has 0 aliphatic carbocycles. The number of hydroxylamine groups is 2. The molecule has 2 rings (SSSR count). The van der Waals surface area contributed by atoms with E-state index in [1.54, 1.807) is 0 Å². The van der Waals surface area contributed by atoms with Crippen molar-refractivity contribution >= 4 is 5.91 Å². The zero-order valence-corrected chi connectivity index (χ0v) is 7.49. The third kappa shape index (κ3) is 1.54. The van der Waals surface area contributed by atoms with E-state index in [0.717, 1.165) is 6.42 Å². The number of ether oxygens (including phenoxy) is 1. The van der Waals surface area contributed by atoms with E-state index in [9.17, 15) is 4.79 Å². The molecule has 1 atom stereocenters. The Morgan fingerprint density at radius 2 is 2.31 bits per heavy atom. The summed E-state index contributed by atoms with van der Waals surface area (Å²) in [4.78, 5) is 16.9. The Morgan fingerprint density at radius 1 is 1.46 bits per heavy atom. The summed E-state index contributed by atoms with van der Waals surface area (Å²) < 4.78 is 5.11. The minimum Gasteiger partial charge on any atom is -0.379 e. The van der Waals surface area contributed by atoms with Crippen molar-refractivity contribution in [3.63, 3.8) is 0 Å². The molecule has 13 heavy (non-hydrogen) atoms. The van der Waals surface area contributed by atoms with Gasteiger partial charge < -0.3 is 10.5 Å². The highest BCUT2D eigenvalue weighted by atomic mass is 16.7. The largest absolute Gasteiger partial charge is 0.379 e. The van der Waals surface area contributed by atoms with Crippen molar-refractivity contribution in [2.24, 2.45) is 5.73 Å². The van der Waals surface area contributed by atoms with Crippen LogP contribution in [0.3, 0.4) is 0 Å². The number of nitrogens with zero attached hydrogens (tertiary/aromatic N) is 1. The lowest BCUT2D eigenvalue weighted by atomic mass is 9.99. The summed E-state index contributed by atoms with van der Waals surface area (Å²) in [5, 5.41) is 1.37. The maximum atomic E-state index is 11.8. The van der Waals surface area contributed by atoms with Crippen LogP contribution in [0, 0.1) is 0 Å². The molecule has 2 saturated heterocycles. The summed E-state index contributed by atoms with van der Waals surface area (Å²) in [6, 6.07) is 0. The van der Waals surface area contributed by atoms with Crippen molar-refractivity contribution < 1.29 is 14.4 Å². The van der Waals surface area contributed by atoms with Gasteiger partial charge in [-0.1, -0.05) is 0 Å². The molecular weight excluding hydrogens is 172 g/mol. The molecule has 1 amide bonds. The Labute approximate surface area is 76.7 Å². The summed E-state index contributed by atoms with van der Waals surface area (Å²) >= 11 is 0. The van der Waals surface area contributed by atoms with Crippen LogP contribution in [0.2, 0.25) is 0 Å². The third-order valence-electron chi connectivity index (χ3n) is 2.46. The topological polar surface area (TPSA) is 64.8 Å². The van der Waals surface area contributed by atoms with Gasteiger partial charge in [-0.3, -0.25) is 9.63 Å². The van der Waals surface area contributed by atoms with E-state index in [-0.39, 0.29) is 5.91 Å². The normalized spacial score (nSPS) is 34.1. The molecule has 0 saturated carbocycles. The zero-order chi connectivity index (χ0) is 9.31. The molecule has 0 aromatic heterocycles. The number of hydrogen-bond donors (Lipinski definition) is 1. The molecule has 2 N–H and O–H groups in total. The van der Waals surface area contributed by atoms with Crippen LogP contribution in [0.15, 0.2) is 0 Å². The van der Waals surface area contributed by atoms with E-state index < -0.39 is 5.54 Å². The van der Waals surface area contributed by atoms with Crippen molar-refractivity contribution in [3.05, 3.63) is 0 Å². The first kappa shape index (κ1) is 8.93. The first-order chi connectivity index (χ1) is 6.22. The van der Waals surface area contributed by atoms with Crippen molar-refractivity contribution in [3.8, 4) is 0 Å². The third-order valence-corrected chi connectivity index (χ3v) is 2.46. The van der Waals surface area contributed by atoms with Crippen LogP contribution in [-0.2, 0) is 14.4 Å². The van der Waals surface area contributed by atoms with Crippen LogP contribution in [0.1, 0.15) is 12.8 Å². The Morgan fingerprint density at radius 3 is 2.85 bits per heavy atom. The van der Waals surface area contributed by atoms with E-state index in [1.165, 1.54) is 5.06 Å². The standard InChI is InChI=1S/C8H14N2O3/c9-8(2-5-12-6-8)7(11)10-3-1-4-13-10/h1-6,9H2. The molecular formula is C8H14N2O3. The molecule has 5 nitrogen and oxygen atoms in total. The molecule has 74 valence electrons. The van der Waals surface area contributed by atoms with Gasteiger partial charge in [-0.25, -0.2) is 5.06 Å². The Kier molecular flexibility index (Phi) is 2.23. The SMILES string of the molecule is NC1(C(=O)N2CCCO2)CCOC1. The van der Waals surface area contributed by atoms with Crippen molar-refractivity contribution in [1.29, 1.82) is 0 Å². The minimum absolute atomic E-state index is 0.137. The smallest absolute Gasteiger partial charge is 0.268 e. The van der Waals surface area contributed by atoms with Crippen LogP contribution in [0.4, 0.5) is 0 Å². The van der Waals surface area contributed by atoms with Gasteiger partial charge in [0.25, 0.3) is 5.91 Å². The van der Waals surface area contributed by atoms with E-state index in [2.05, 4.69) is 0 Å². The lowest BCUT2D eigenvalue weighted by Crippen LogP contribution is -2.54. The van der Waals surface area contributed by atoms with Gasteiger partial charge in [0.1, 0.15) is 5.54 Å². The van der Waals surface area contributed by atoms with Gasteiger partial charge >= 0.3 is 0 Å². The van der Waals surface area contributed by atoms with Gasteiger partial charge in [0, 0.05) is 13.0 Å². The van der Waals surface area contributed by atoms with E-state index in [1.807, 2.05) is 0 Å². The summed E-state index contributed by atoms with van der Waals surface area (Å²) in [6.07, 6.45) is 1.48. The van der Waals surface area contributed by atoms with Gasteiger partial charge in [-0.15, -0.1) is 0 Å². The Balaban J connectivity index is 2.02. The molecule has 0 spiro atoms. The summed E-state index contributed by atoms with van der Waals surface area (Å²) in [7, 11) is 0. The quantitative estimate of drug-likeness (QED) is 0.586. The average Bonchev–Trinajstić information content (AvgIpc) is 2.73. The molecule has 2 heterocycles. The highest BCUT2D eigenvalue weighted by Crippen LogP contribution is 2.20. The molecule has 2 aliphatic heterocycles. The second-order valence-corrected chi connectivity index (χ2v) is 3.55. The van der Waals surface area contributed by atoms with Crippen LogP contribution in [0.25, 0.3) is 0 Å². The lowest BCUT2D eigenvalue weighted by molar-refractivity contribution is -0.174. The van der Waals surface area contributed by atoms with Gasteiger partial charge in [-0.2, -0.15) is 0 Å². The second-order valence-electron chi connectivity index (χ2n) is 3.55. The van der Waals surface area contributed by atoms with Gasteiger partial charge in [-0.05, 0) is 6.42 Å². The molecule has 0 radical (unpaired) electrons. The van der Waals surface area contributed by atoms with Gasteiger partial charge in [0.2, 0.25) is 0 Å². The van der Waals surface area contributed by atoms with E-state index in [4.69, 9.17) is 15.3 Å². The number of carbonyl (C=O) groups excluding carboxylic acids is 1. The van der Waals surface area contributed by atoms with E-state index >= 15 is 0 Å². The number of nitrogens with two attached hydrogens (primary N) is 1. The Hall–Kier alpha value is -0.650. The minimum atomic E-state index is -0.843. The van der Waals surface area contributed by atoms with Crippen molar-refractivity contribution in [2.45, 2.75) is 18.4 Å². The molecule has 0 aromatic rings. The number of carbonyl (C=O) groups is 1. The monoisotopic (exact) mass is 186 g/mol. The van der Waals surface area contributed by atoms with Gasteiger partial charge in [0.15, 0.2) is 0 Å². The lowest BCUT2D eigenvalue weighted by Gasteiger charge is -2.25. The highest BCUT2D eigenvalue weighted by molar-refractivity contribution is 5.85. The summed E-state index contributed by atoms with van der Waals surface area (Å²) in [5.41, 5.74) is 5.04. The Bertz CT molecular complexity index is 207. The predicted molar refractivity (Wildman–Crippen MR) is 44.6 cm³/mol. The van der Waals surface area contributed by atoms with Gasteiger partial charge in [0.05, 0.1) is 19.8 Å². The fraction of sp³-hybridized carbons (Fsp3) is 0.875. The molecule has 0 aromatic carbocycles. The number of rotatable bonds is 1. The van der Waals surface area contributed by atoms with E-state index in [0.29, 0.717) is 32.8 Å². The number of hydrogen-bond acceptors (Lipinski definition) is 4. The maximum absolute atomic E-state index is 11.8. The zero-order valence-electron chi connectivity index (χ0n) is 7.49. The first-order valence-corrected chi connectivity index (χ1v) is 4.54. The second kappa shape index (κ2) is 3.25. The molecule has 1 unspecified atom stereocenters. The van der Waals surface area contributed by atoms with Crippen LogP contribution in [0.5, 0.6) is 0 Å². The fourth-order valence-electron chi connectivity index (χ4n) is 1.61. The summed E-state index contributed by atoms with van der Waals surface area (Å²) in [6.45, 7) is 2.14. The van der Waals surface area contributed by atoms with Crippen molar-refractivity contribution in [1.82, 2.24) is 5.06 Å². The average molecular weight is 186 g/mol. The van der Waals surface area contributed by atoms with Crippen LogP contribution < -0.4 is 5.73 Å². The number of amides is 1. The molecule has 2 fully saturated rings. The predicted octanol–water partition coefficient (Wildman–Crippen LogP) is -0.732. The fourth-order valence-corrected chi connectivity index (χ4v) is 1.61. The maximum Gasteiger partial charge on any atom is 0.268 e. The molecule has 5 heteroatoms. The molecule has 2 aliphatic rings. The first-order valence-electron chi connectivity index (χ1n) is 4.54. The van der Waals surface area contributed by atoms with Crippen molar-refractivity contribution in [2.75, 3.05) is 26.4 Å². The summed E-state index contributed by atoms with van der Waals surface area (Å²) in [5.74, 6) is -0.137. The van der Waals surface area contributed by atoms with Crippen LogP contribution >= 0.6 is 0 Å². The highest BCUT2D eigenvalue weighted by Gasteiger charge is 2.42.